The number of carbonyl (C=O) groups excluding carboxylic acids is 1. The van der Waals surface area contributed by atoms with E-state index in [-0.39, 0.29) is 60.3 Å². The zero-order chi connectivity index (χ0) is 23.2. The van der Waals surface area contributed by atoms with Gasteiger partial charge in [0.1, 0.15) is 11.3 Å². The third-order valence-electron chi connectivity index (χ3n) is 3.26. The van der Waals surface area contributed by atoms with E-state index in [0.717, 1.165) is 0 Å². The fourth-order valence-electron chi connectivity index (χ4n) is 2.30. The molecule has 6 nitrogen and oxygen atoms in total. The van der Waals surface area contributed by atoms with E-state index in [0.29, 0.717) is 10.8 Å². The van der Waals surface area contributed by atoms with Crippen LogP contribution in [0.15, 0.2) is 45.6 Å². The van der Waals surface area contributed by atoms with Crippen molar-refractivity contribution in [1.82, 2.24) is 0 Å². The number of hydrogen-bond acceptors (Lipinski definition) is 6. The van der Waals surface area contributed by atoms with E-state index >= 15 is 0 Å². The maximum absolute atomic E-state index is 12.6. The summed E-state index contributed by atoms with van der Waals surface area (Å²) in [6.45, 7) is 0. The molecule has 1 aromatic heterocycles. The summed E-state index contributed by atoms with van der Waals surface area (Å²) in [5.74, 6) is -3.46. The first-order valence-electron chi connectivity index (χ1n) is 8.06. The van der Waals surface area contributed by atoms with Crippen LogP contribution >= 0.6 is 0 Å². The number of rotatable bonds is 1. The van der Waals surface area contributed by atoms with Crippen molar-refractivity contribution in [2.45, 2.75) is 6.18 Å². The van der Waals surface area contributed by atoms with Gasteiger partial charge in [0, 0.05) is 96.0 Å². The van der Waals surface area contributed by atoms with Crippen molar-refractivity contribution in [3.63, 3.8) is 0 Å². The quantitative estimate of drug-likeness (QED) is 0.256. The minimum Gasteiger partial charge on any atom is -0.506 e. The molecule has 0 amide bonds. The molecule has 171 valence electrons. The second-order valence-corrected chi connectivity index (χ2v) is 9.05. The summed E-state index contributed by atoms with van der Waals surface area (Å²) in [6.07, 6.45) is 1.27. The maximum atomic E-state index is 12.6. The first-order valence-corrected chi connectivity index (χ1v) is 12.0. The van der Waals surface area contributed by atoms with Gasteiger partial charge in [-0.1, -0.05) is 30.3 Å². The summed E-state index contributed by atoms with van der Waals surface area (Å²) < 4.78 is 61.6. The van der Waals surface area contributed by atoms with Crippen molar-refractivity contribution in [3.8, 4) is 5.75 Å². The molecule has 2 aromatic carbocycles. The van der Waals surface area contributed by atoms with Crippen LogP contribution in [-0.2, 0) is 21.6 Å². The molecule has 0 saturated heterocycles. The number of halogens is 3. The van der Waals surface area contributed by atoms with Gasteiger partial charge in [0.15, 0.2) is 5.56 Å². The molecule has 0 aliphatic heterocycles. The molecule has 0 aliphatic rings. The number of alkyl halides is 3. The fraction of sp³-hybridized carbons (Fsp3) is 0.263. The largest absolute Gasteiger partial charge is 0.506 e. The van der Waals surface area contributed by atoms with Crippen molar-refractivity contribution in [2.75, 3.05) is 25.0 Å². The minimum atomic E-state index is -5.29. The molecule has 1 heterocycles. The fourth-order valence-corrected chi connectivity index (χ4v) is 2.30. The summed E-state index contributed by atoms with van der Waals surface area (Å²) in [7, 11) is -1.22. The molecule has 31 heavy (non-hydrogen) atoms. The molecule has 0 spiro atoms. The van der Waals surface area contributed by atoms with Gasteiger partial charge in [-0.25, -0.2) is 4.79 Å². The molecule has 0 aliphatic carbocycles. The third-order valence-corrected chi connectivity index (χ3v) is 3.26. The number of benzene rings is 2. The number of aromatic hydroxyl groups is 1. The van der Waals surface area contributed by atoms with E-state index in [2.05, 4.69) is 0 Å². The number of fused-ring (bicyclic) bond motifs is 3. The Bertz CT molecular complexity index is 1150. The number of Topliss-reactive ketones (excluding diaryl/α,β-unsaturated/α-hetero) is 1. The Labute approximate surface area is 221 Å². The zero-order valence-electron chi connectivity index (χ0n) is 16.8. The average Bonchev–Trinajstić information content (AvgIpc) is 2.59. The SMILES string of the molecule is CS(C)=O.CS(C)=O.O=C(c1c(O)c2c(ccc3ccccc32)oc1=O)C(F)(F)F.[Eu]. The number of carbonyl (C=O) groups is 1. The topological polar surface area (TPSA) is 102 Å². The second-order valence-electron chi connectivity index (χ2n) is 6.08. The van der Waals surface area contributed by atoms with Gasteiger partial charge in [-0.3, -0.25) is 13.2 Å². The minimum absolute atomic E-state index is 0. The Morgan fingerprint density at radius 1 is 0.968 bits per heavy atom. The van der Waals surface area contributed by atoms with Crippen LogP contribution in [0.1, 0.15) is 10.4 Å². The molecule has 1 radical (unpaired) electrons. The molecular weight excluding hydrogens is 597 g/mol. The first-order chi connectivity index (χ1) is 13.8. The van der Waals surface area contributed by atoms with Gasteiger partial charge in [-0.2, -0.15) is 13.2 Å². The predicted molar refractivity (Wildman–Crippen MR) is 112 cm³/mol. The molecule has 0 saturated carbocycles. The van der Waals surface area contributed by atoms with E-state index in [1.165, 1.54) is 6.07 Å². The van der Waals surface area contributed by atoms with Gasteiger partial charge in [0.25, 0.3) is 5.78 Å². The van der Waals surface area contributed by atoms with E-state index in [9.17, 15) is 36.3 Å². The van der Waals surface area contributed by atoms with E-state index < -0.39 is 50.5 Å². The Morgan fingerprint density at radius 3 is 1.94 bits per heavy atom. The molecular formula is C19H19EuF3O6S2. The summed E-state index contributed by atoms with van der Waals surface area (Å²) in [5.41, 5.74) is -3.03. The average molecular weight is 616 g/mol. The Kier molecular flexibility index (Phi) is 12.5. The summed E-state index contributed by atoms with van der Waals surface area (Å²) in [4.78, 5) is 23.0. The van der Waals surface area contributed by atoms with Crippen LogP contribution in [0.25, 0.3) is 21.7 Å². The standard InChI is InChI=1S/C15H7F3O4.2C2H6OS.Eu/c16-15(17,18)13(20)11-12(19)10-8-4-2-1-3-7(8)5-6-9(10)22-14(11)21;2*1-4(2)3;/h1-6,19H;2*1-2H3;. The Morgan fingerprint density at radius 2 is 1.45 bits per heavy atom. The van der Waals surface area contributed by atoms with Gasteiger partial charge in [0.2, 0.25) is 0 Å². The normalized spacial score (nSPS) is 10.7. The van der Waals surface area contributed by atoms with E-state index in [1.54, 1.807) is 55.4 Å². The van der Waals surface area contributed by atoms with Gasteiger partial charge < -0.3 is 9.52 Å². The molecule has 1 N–H and O–H groups in total. The van der Waals surface area contributed by atoms with Crippen LogP contribution in [0.3, 0.4) is 0 Å². The number of hydrogen-bond donors (Lipinski definition) is 1. The smallest absolute Gasteiger partial charge is 0.455 e. The van der Waals surface area contributed by atoms with Gasteiger partial charge >= 0.3 is 11.8 Å². The Hall–Kier alpha value is -0.946. The second kappa shape index (κ2) is 12.9. The predicted octanol–water partition coefficient (Wildman–Crippen LogP) is 3.39. The van der Waals surface area contributed by atoms with Crippen molar-refractivity contribution < 1.29 is 85.3 Å². The van der Waals surface area contributed by atoms with Crippen LogP contribution in [0.4, 0.5) is 13.2 Å². The van der Waals surface area contributed by atoms with Crippen LogP contribution in [-0.4, -0.2) is 50.5 Å². The molecule has 12 heteroatoms. The zero-order valence-corrected chi connectivity index (χ0v) is 20.8. The Balaban J connectivity index is 0.000000867. The van der Waals surface area contributed by atoms with Crippen molar-refractivity contribution >= 4 is 49.1 Å². The van der Waals surface area contributed by atoms with Crippen LogP contribution < -0.4 is 5.63 Å². The number of ketones is 1. The van der Waals surface area contributed by atoms with Gasteiger partial charge in [0.05, 0.1) is 5.39 Å². The molecule has 3 rings (SSSR count). The first kappa shape index (κ1) is 30.1. The van der Waals surface area contributed by atoms with Crippen molar-refractivity contribution in [3.05, 3.63) is 52.4 Å². The van der Waals surface area contributed by atoms with Crippen LogP contribution in [0.2, 0.25) is 0 Å². The maximum Gasteiger partial charge on any atom is 0.455 e. The monoisotopic (exact) mass is 617 g/mol. The summed E-state index contributed by atoms with van der Waals surface area (Å²) >= 11 is 0. The molecule has 3 aromatic rings. The third kappa shape index (κ3) is 8.84. The molecule has 0 atom stereocenters. The molecule has 0 unspecified atom stereocenters. The van der Waals surface area contributed by atoms with E-state index in [4.69, 9.17) is 4.42 Å². The summed E-state index contributed by atoms with van der Waals surface area (Å²) in [5, 5.41) is 11.0. The van der Waals surface area contributed by atoms with Gasteiger partial charge in [-0.15, -0.1) is 0 Å². The molecule has 0 bridgehead atoms. The molecule has 0 fully saturated rings. The van der Waals surface area contributed by atoms with Gasteiger partial charge in [-0.05, 0) is 16.8 Å². The van der Waals surface area contributed by atoms with Crippen LogP contribution in [0.5, 0.6) is 5.75 Å². The van der Waals surface area contributed by atoms with E-state index in [1.807, 2.05) is 0 Å². The van der Waals surface area contributed by atoms with Crippen molar-refractivity contribution in [2.24, 2.45) is 0 Å². The van der Waals surface area contributed by atoms with Crippen molar-refractivity contribution in [1.29, 1.82) is 0 Å². The van der Waals surface area contributed by atoms with Crippen LogP contribution in [0, 0.1) is 49.4 Å². The summed E-state index contributed by atoms with van der Waals surface area (Å²) in [6, 6.07) is 9.46.